The van der Waals surface area contributed by atoms with E-state index in [2.05, 4.69) is 0 Å². The van der Waals surface area contributed by atoms with Gasteiger partial charge in [0.25, 0.3) is 0 Å². The summed E-state index contributed by atoms with van der Waals surface area (Å²) in [5.41, 5.74) is 0. The Labute approximate surface area is 74.1 Å². The van der Waals surface area contributed by atoms with Gasteiger partial charge in [-0.2, -0.15) is 0 Å². The van der Waals surface area contributed by atoms with Crippen molar-refractivity contribution in [2.24, 2.45) is 0 Å². The molecule has 12 heavy (non-hydrogen) atoms. The van der Waals surface area contributed by atoms with Crippen molar-refractivity contribution in [1.82, 2.24) is 0 Å². The highest BCUT2D eigenvalue weighted by molar-refractivity contribution is 7.94. The SMILES string of the molecule is CC(=O)C(C)(C)S(=O)(=O)C(C)C. The lowest BCUT2D eigenvalue weighted by Gasteiger charge is -2.23. The average Bonchev–Trinajstić information content (AvgIpc) is 1.86. The van der Waals surface area contributed by atoms with E-state index in [0.717, 1.165) is 0 Å². The Bertz CT molecular complexity index is 273. The normalized spacial score (nSPS) is 13.5. The summed E-state index contributed by atoms with van der Waals surface area (Å²) < 4.78 is 21.9. The summed E-state index contributed by atoms with van der Waals surface area (Å²) in [7, 11) is -3.33. The van der Waals surface area contributed by atoms with E-state index in [1.165, 1.54) is 20.8 Å². The predicted octanol–water partition coefficient (Wildman–Crippen LogP) is 1.18. The predicted molar refractivity (Wildman–Crippen MR) is 48.8 cm³/mol. The van der Waals surface area contributed by atoms with Crippen LogP contribution in [0, 0.1) is 0 Å². The fourth-order valence-electron chi connectivity index (χ4n) is 0.790. The average molecular weight is 192 g/mol. The van der Waals surface area contributed by atoms with Crippen molar-refractivity contribution in [3.63, 3.8) is 0 Å². The van der Waals surface area contributed by atoms with Crippen molar-refractivity contribution in [1.29, 1.82) is 0 Å². The van der Waals surface area contributed by atoms with Crippen LogP contribution in [0.1, 0.15) is 34.6 Å². The topological polar surface area (TPSA) is 51.2 Å². The molecule has 0 aromatic carbocycles. The molecule has 0 aromatic heterocycles. The molecule has 0 heterocycles. The van der Waals surface area contributed by atoms with Gasteiger partial charge < -0.3 is 0 Å². The molecule has 72 valence electrons. The molecule has 0 N–H and O–H groups in total. The Hall–Kier alpha value is -0.380. The number of carbonyl (C=O) groups excluding carboxylic acids is 1. The second kappa shape index (κ2) is 3.17. The molecule has 0 unspecified atom stereocenters. The minimum absolute atomic E-state index is 0.309. The number of rotatable bonds is 3. The molecule has 0 radical (unpaired) electrons. The van der Waals surface area contributed by atoms with Crippen molar-refractivity contribution in [3.05, 3.63) is 0 Å². The van der Waals surface area contributed by atoms with E-state index in [-0.39, 0.29) is 5.78 Å². The maximum absolute atomic E-state index is 11.6. The molecule has 0 bridgehead atoms. The number of ketones is 1. The summed E-state index contributed by atoms with van der Waals surface area (Å²) in [4.78, 5) is 11.0. The molecule has 0 spiro atoms. The molecular formula is C8H16O3S. The van der Waals surface area contributed by atoms with Gasteiger partial charge in [-0.1, -0.05) is 0 Å². The Morgan fingerprint density at radius 1 is 1.25 bits per heavy atom. The largest absolute Gasteiger partial charge is 0.298 e. The van der Waals surface area contributed by atoms with Gasteiger partial charge in [0, 0.05) is 0 Å². The molecule has 0 saturated heterocycles. The monoisotopic (exact) mass is 192 g/mol. The van der Waals surface area contributed by atoms with E-state index in [1.807, 2.05) is 0 Å². The van der Waals surface area contributed by atoms with Gasteiger partial charge in [0.05, 0.1) is 5.25 Å². The third-order valence-electron chi connectivity index (χ3n) is 2.18. The highest BCUT2D eigenvalue weighted by atomic mass is 32.2. The molecule has 0 rings (SSSR count). The standard InChI is InChI=1S/C8H16O3S/c1-6(2)12(10,11)8(4,5)7(3)9/h6H,1-5H3. The molecule has 0 aliphatic rings. The molecule has 0 aliphatic heterocycles. The smallest absolute Gasteiger partial charge is 0.164 e. The lowest BCUT2D eigenvalue weighted by molar-refractivity contribution is -0.118. The van der Waals surface area contributed by atoms with Gasteiger partial charge in [-0.05, 0) is 34.6 Å². The van der Waals surface area contributed by atoms with Crippen LogP contribution in [0.3, 0.4) is 0 Å². The molecule has 0 saturated carbocycles. The fourth-order valence-corrected chi connectivity index (χ4v) is 2.37. The first-order valence-electron chi connectivity index (χ1n) is 3.88. The number of carbonyl (C=O) groups is 1. The number of hydrogen-bond donors (Lipinski definition) is 0. The Morgan fingerprint density at radius 3 is 1.67 bits per heavy atom. The zero-order chi connectivity index (χ0) is 10.2. The minimum Gasteiger partial charge on any atom is -0.298 e. The van der Waals surface area contributed by atoms with Crippen molar-refractivity contribution >= 4 is 15.6 Å². The summed E-state index contributed by atoms with van der Waals surface area (Å²) in [5.74, 6) is -0.309. The van der Waals surface area contributed by atoms with Crippen LogP contribution in [-0.4, -0.2) is 24.2 Å². The zero-order valence-electron chi connectivity index (χ0n) is 8.21. The summed E-state index contributed by atoms with van der Waals surface area (Å²) >= 11 is 0. The summed E-state index contributed by atoms with van der Waals surface area (Å²) in [6.07, 6.45) is 0. The van der Waals surface area contributed by atoms with E-state index in [1.54, 1.807) is 13.8 Å². The maximum Gasteiger partial charge on any atom is 0.164 e. The summed E-state index contributed by atoms with van der Waals surface area (Å²) in [6, 6.07) is 0. The van der Waals surface area contributed by atoms with Crippen molar-refractivity contribution in [3.8, 4) is 0 Å². The second-order valence-electron chi connectivity index (χ2n) is 3.66. The van der Waals surface area contributed by atoms with Crippen LogP contribution in [0.4, 0.5) is 0 Å². The Kier molecular flexibility index (Phi) is 3.07. The van der Waals surface area contributed by atoms with Crippen LogP contribution in [0.25, 0.3) is 0 Å². The molecule has 0 atom stereocenters. The molecule has 4 heteroatoms. The number of sulfone groups is 1. The molecule has 0 aromatic rings. The maximum atomic E-state index is 11.6. The third kappa shape index (κ3) is 1.68. The lowest BCUT2D eigenvalue weighted by atomic mass is 10.1. The molecule has 0 amide bonds. The van der Waals surface area contributed by atoms with Crippen molar-refractivity contribution in [2.45, 2.75) is 44.6 Å². The van der Waals surface area contributed by atoms with E-state index in [9.17, 15) is 13.2 Å². The van der Waals surface area contributed by atoms with E-state index < -0.39 is 19.8 Å². The Morgan fingerprint density at radius 2 is 1.58 bits per heavy atom. The van der Waals surface area contributed by atoms with Gasteiger partial charge in [0.15, 0.2) is 9.84 Å². The quantitative estimate of drug-likeness (QED) is 0.674. The first-order chi connectivity index (χ1) is 5.14. The van der Waals surface area contributed by atoms with Crippen LogP contribution >= 0.6 is 0 Å². The lowest BCUT2D eigenvalue weighted by Crippen LogP contribution is -2.43. The van der Waals surface area contributed by atoms with Gasteiger partial charge in [0.2, 0.25) is 0 Å². The molecular weight excluding hydrogens is 176 g/mol. The highest BCUT2D eigenvalue weighted by Gasteiger charge is 2.40. The molecule has 3 nitrogen and oxygen atoms in total. The van der Waals surface area contributed by atoms with Crippen LogP contribution in [0.2, 0.25) is 0 Å². The third-order valence-corrected chi connectivity index (χ3v) is 5.13. The van der Waals surface area contributed by atoms with Crippen LogP contribution in [-0.2, 0) is 14.6 Å². The van der Waals surface area contributed by atoms with Gasteiger partial charge in [-0.15, -0.1) is 0 Å². The van der Waals surface area contributed by atoms with Crippen molar-refractivity contribution in [2.75, 3.05) is 0 Å². The van der Waals surface area contributed by atoms with Gasteiger partial charge >= 0.3 is 0 Å². The summed E-state index contributed by atoms with van der Waals surface area (Å²) in [5, 5.41) is -0.503. The van der Waals surface area contributed by atoms with Gasteiger partial charge in [-0.3, -0.25) is 4.79 Å². The molecule has 0 fully saturated rings. The van der Waals surface area contributed by atoms with E-state index >= 15 is 0 Å². The van der Waals surface area contributed by atoms with Gasteiger partial charge in [-0.25, -0.2) is 8.42 Å². The fraction of sp³-hybridized carbons (Fsp3) is 0.875. The van der Waals surface area contributed by atoms with E-state index in [4.69, 9.17) is 0 Å². The van der Waals surface area contributed by atoms with Crippen molar-refractivity contribution < 1.29 is 13.2 Å². The minimum atomic E-state index is -3.33. The van der Waals surface area contributed by atoms with Crippen LogP contribution in [0.15, 0.2) is 0 Å². The zero-order valence-corrected chi connectivity index (χ0v) is 9.03. The van der Waals surface area contributed by atoms with E-state index in [0.29, 0.717) is 0 Å². The Balaban J connectivity index is 5.19. The van der Waals surface area contributed by atoms with Crippen LogP contribution < -0.4 is 0 Å². The van der Waals surface area contributed by atoms with Gasteiger partial charge in [0.1, 0.15) is 10.5 Å². The molecule has 0 aliphatic carbocycles. The number of Topliss-reactive ketones (excluding diaryl/α,β-unsaturated/α-hetero) is 1. The first kappa shape index (κ1) is 11.6. The highest BCUT2D eigenvalue weighted by Crippen LogP contribution is 2.21. The number of hydrogen-bond acceptors (Lipinski definition) is 3. The second-order valence-corrected chi connectivity index (χ2v) is 6.71. The summed E-state index contributed by atoms with van der Waals surface area (Å²) in [6.45, 7) is 7.37. The van der Waals surface area contributed by atoms with Crippen LogP contribution in [0.5, 0.6) is 0 Å². The first-order valence-corrected chi connectivity index (χ1v) is 5.43.